The van der Waals surface area contributed by atoms with Gasteiger partial charge in [-0.2, -0.15) is 0 Å². The third kappa shape index (κ3) is 6.61. The van der Waals surface area contributed by atoms with Crippen molar-refractivity contribution < 1.29 is 19.1 Å². The molecule has 0 spiro atoms. The number of benzene rings is 2. The summed E-state index contributed by atoms with van der Waals surface area (Å²) in [7, 11) is 0. The molecule has 0 aliphatic rings. The molecule has 0 atom stereocenters. The van der Waals surface area contributed by atoms with Crippen LogP contribution in [0.4, 0.5) is 5.69 Å². The fraction of sp³-hybridized carbons (Fsp3) is 0.200. The molecule has 0 saturated heterocycles. The van der Waals surface area contributed by atoms with Gasteiger partial charge in [0.2, 0.25) is 0 Å². The van der Waals surface area contributed by atoms with E-state index in [4.69, 9.17) is 21.1 Å². The standard InChI is InChI=1S/C20H20ClNO4/c1-2-19(23)26-14-4-3-13-25-18-11-5-15(6-12-18)20(24)22-17-9-7-16(21)8-10-17/h2,5-12H,1,3-4,13-14H2,(H,22,24). The third-order valence-electron chi connectivity index (χ3n) is 3.44. The van der Waals surface area contributed by atoms with E-state index < -0.39 is 5.97 Å². The molecule has 0 aliphatic heterocycles. The van der Waals surface area contributed by atoms with Crippen molar-refractivity contribution in [3.8, 4) is 5.75 Å². The molecule has 1 N–H and O–H groups in total. The van der Waals surface area contributed by atoms with Crippen LogP contribution in [0.5, 0.6) is 5.75 Å². The van der Waals surface area contributed by atoms with Gasteiger partial charge in [0.25, 0.3) is 5.91 Å². The van der Waals surface area contributed by atoms with E-state index in [9.17, 15) is 9.59 Å². The van der Waals surface area contributed by atoms with E-state index in [0.717, 1.165) is 12.5 Å². The first-order valence-electron chi connectivity index (χ1n) is 8.17. The van der Waals surface area contributed by atoms with Crippen molar-refractivity contribution >= 4 is 29.2 Å². The van der Waals surface area contributed by atoms with Gasteiger partial charge in [-0.1, -0.05) is 18.2 Å². The van der Waals surface area contributed by atoms with E-state index in [-0.39, 0.29) is 5.91 Å². The van der Waals surface area contributed by atoms with Gasteiger partial charge in [0.1, 0.15) is 5.75 Å². The lowest BCUT2D eigenvalue weighted by Crippen LogP contribution is -2.11. The SMILES string of the molecule is C=CC(=O)OCCCCOc1ccc(C(=O)Nc2ccc(Cl)cc2)cc1. The number of anilines is 1. The van der Waals surface area contributed by atoms with Crippen LogP contribution in [0.15, 0.2) is 61.2 Å². The average Bonchev–Trinajstić information content (AvgIpc) is 2.66. The molecule has 0 aliphatic carbocycles. The second-order valence-electron chi connectivity index (χ2n) is 5.41. The van der Waals surface area contributed by atoms with Crippen LogP contribution in [0, 0.1) is 0 Å². The first-order chi connectivity index (χ1) is 12.6. The van der Waals surface area contributed by atoms with Crippen molar-refractivity contribution in [2.24, 2.45) is 0 Å². The van der Waals surface area contributed by atoms with Crippen LogP contribution in [0.3, 0.4) is 0 Å². The summed E-state index contributed by atoms with van der Waals surface area (Å²) in [6.45, 7) is 4.18. The number of hydrogen-bond acceptors (Lipinski definition) is 4. The monoisotopic (exact) mass is 373 g/mol. The first-order valence-corrected chi connectivity index (χ1v) is 8.55. The van der Waals surface area contributed by atoms with Crippen molar-refractivity contribution in [3.63, 3.8) is 0 Å². The van der Waals surface area contributed by atoms with E-state index in [2.05, 4.69) is 11.9 Å². The van der Waals surface area contributed by atoms with Crippen LogP contribution in [-0.2, 0) is 9.53 Å². The Morgan fingerprint density at radius 3 is 2.31 bits per heavy atom. The summed E-state index contributed by atoms with van der Waals surface area (Å²) >= 11 is 5.82. The number of esters is 1. The van der Waals surface area contributed by atoms with Gasteiger partial charge in [0.05, 0.1) is 13.2 Å². The van der Waals surface area contributed by atoms with E-state index >= 15 is 0 Å². The highest BCUT2D eigenvalue weighted by Crippen LogP contribution is 2.16. The number of nitrogens with one attached hydrogen (secondary N) is 1. The van der Waals surface area contributed by atoms with Gasteiger partial charge < -0.3 is 14.8 Å². The minimum Gasteiger partial charge on any atom is -0.494 e. The van der Waals surface area contributed by atoms with E-state index in [0.29, 0.717) is 41.7 Å². The van der Waals surface area contributed by atoms with Crippen LogP contribution in [0.1, 0.15) is 23.2 Å². The van der Waals surface area contributed by atoms with Gasteiger partial charge in [-0.25, -0.2) is 4.79 Å². The van der Waals surface area contributed by atoms with Crippen LogP contribution in [0.2, 0.25) is 5.02 Å². The molecule has 0 saturated carbocycles. The number of halogens is 1. The molecule has 0 aromatic heterocycles. The third-order valence-corrected chi connectivity index (χ3v) is 3.69. The zero-order chi connectivity index (χ0) is 18.8. The van der Waals surface area contributed by atoms with E-state index in [1.165, 1.54) is 0 Å². The molecule has 0 bridgehead atoms. The van der Waals surface area contributed by atoms with Crippen molar-refractivity contribution in [2.45, 2.75) is 12.8 Å². The van der Waals surface area contributed by atoms with E-state index in [1.807, 2.05) is 0 Å². The summed E-state index contributed by atoms with van der Waals surface area (Å²) in [6, 6.07) is 13.8. The molecule has 1 amide bonds. The highest BCUT2D eigenvalue weighted by atomic mass is 35.5. The summed E-state index contributed by atoms with van der Waals surface area (Å²) in [5.41, 5.74) is 1.21. The molecule has 0 fully saturated rings. The minimum atomic E-state index is -0.418. The van der Waals surface area contributed by atoms with Gasteiger partial charge in [0, 0.05) is 22.3 Å². The highest BCUT2D eigenvalue weighted by Gasteiger charge is 2.06. The van der Waals surface area contributed by atoms with Crippen LogP contribution in [0.25, 0.3) is 0 Å². The summed E-state index contributed by atoms with van der Waals surface area (Å²) in [5.74, 6) is 0.0532. The van der Waals surface area contributed by atoms with Crippen LogP contribution < -0.4 is 10.1 Å². The molecule has 0 unspecified atom stereocenters. The number of amides is 1. The number of hydrogen-bond donors (Lipinski definition) is 1. The van der Waals surface area contributed by atoms with Crippen LogP contribution in [-0.4, -0.2) is 25.1 Å². The van der Waals surface area contributed by atoms with Gasteiger partial charge in [-0.05, 0) is 61.4 Å². The second kappa shape index (κ2) is 10.3. The molecule has 5 nitrogen and oxygen atoms in total. The molecule has 0 heterocycles. The summed E-state index contributed by atoms with van der Waals surface area (Å²) in [6.07, 6.45) is 2.60. The zero-order valence-corrected chi connectivity index (χ0v) is 15.0. The molecule has 136 valence electrons. The predicted octanol–water partition coefficient (Wildman–Crippen LogP) is 4.48. The maximum Gasteiger partial charge on any atom is 0.330 e. The maximum absolute atomic E-state index is 12.2. The smallest absolute Gasteiger partial charge is 0.330 e. The first kappa shape index (κ1) is 19.5. The Hall–Kier alpha value is -2.79. The molecule has 2 aromatic carbocycles. The van der Waals surface area contributed by atoms with Gasteiger partial charge in [-0.3, -0.25) is 4.79 Å². The quantitative estimate of drug-likeness (QED) is 0.400. The van der Waals surface area contributed by atoms with Crippen molar-refractivity contribution in [2.75, 3.05) is 18.5 Å². The molecule has 26 heavy (non-hydrogen) atoms. The lowest BCUT2D eigenvalue weighted by Gasteiger charge is -2.08. The van der Waals surface area contributed by atoms with Gasteiger partial charge in [-0.15, -0.1) is 0 Å². The van der Waals surface area contributed by atoms with Gasteiger partial charge in [0.15, 0.2) is 0 Å². The summed E-state index contributed by atoms with van der Waals surface area (Å²) in [5, 5.41) is 3.41. The molecular formula is C20H20ClNO4. The fourth-order valence-electron chi connectivity index (χ4n) is 2.06. The van der Waals surface area contributed by atoms with Gasteiger partial charge >= 0.3 is 5.97 Å². The maximum atomic E-state index is 12.2. The number of carbonyl (C=O) groups is 2. The molecule has 2 aromatic rings. The average molecular weight is 374 g/mol. The minimum absolute atomic E-state index is 0.206. The molecule has 0 radical (unpaired) electrons. The van der Waals surface area contributed by atoms with Crippen molar-refractivity contribution in [1.82, 2.24) is 0 Å². The van der Waals surface area contributed by atoms with Crippen molar-refractivity contribution in [3.05, 3.63) is 71.8 Å². The Kier molecular flexibility index (Phi) is 7.71. The Balaban J connectivity index is 1.73. The normalized spacial score (nSPS) is 10.0. The fourth-order valence-corrected chi connectivity index (χ4v) is 2.19. The second-order valence-corrected chi connectivity index (χ2v) is 5.85. The Bertz CT molecular complexity index is 741. The lowest BCUT2D eigenvalue weighted by atomic mass is 10.2. The Morgan fingerprint density at radius 1 is 1.00 bits per heavy atom. The molecule has 6 heteroatoms. The topological polar surface area (TPSA) is 64.6 Å². The highest BCUT2D eigenvalue weighted by molar-refractivity contribution is 6.30. The number of ether oxygens (including phenoxy) is 2. The predicted molar refractivity (Wildman–Crippen MR) is 102 cm³/mol. The molecule has 2 rings (SSSR count). The number of unbranched alkanes of at least 4 members (excludes halogenated alkanes) is 1. The van der Waals surface area contributed by atoms with Crippen molar-refractivity contribution in [1.29, 1.82) is 0 Å². The number of carbonyl (C=O) groups excluding carboxylic acids is 2. The zero-order valence-electron chi connectivity index (χ0n) is 14.2. The van der Waals surface area contributed by atoms with Crippen LogP contribution >= 0.6 is 11.6 Å². The lowest BCUT2D eigenvalue weighted by molar-refractivity contribution is -0.137. The Labute approximate surface area is 157 Å². The summed E-state index contributed by atoms with van der Waals surface area (Å²) in [4.78, 5) is 23.1. The molecular weight excluding hydrogens is 354 g/mol. The van der Waals surface area contributed by atoms with E-state index in [1.54, 1.807) is 48.5 Å². The number of rotatable bonds is 9. The Morgan fingerprint density at radius 2 is 1.65 bits per heavy atom. The summed E-state index contributed by atoms with van der Waals surface area (Å²) < 4.78 is 10.5. The largest absolute Gasteiger partial charge is 0.494 e.